The van der Waals surface area contributed by atoms with Gasteiger partial charge in [0.2, 0.25) is 0 Å². The molecule has 9 heteroatoms. The third kappa shape index (κ3) is 9.20. The van der Waals surface area contributed by atoms with Gasteiger partial charge in [-0.2, -0.15) is 4.36 Å². The number of rotatable bonds is 9. The van der Waals surface area contributed by atoms with Crippen LogP contribution in [0, 0.1) is 18.8 Å². The number of aryl methyl sites for hydroxylation is 1. The first-order valence-corrected chi connectivity index (χ1v) is 14.4. The van der Waals surface area contributed by atoms with Crippen LogP contribution in [0.25, 0.3) is 0 Å². The number of esters is 1. The Morgan fingerprint density at radius 1 is 1.03 bits per heavy atom. The largest absolute Gasteiger partial charge is 0.469 e. The number of hydrogen-bond donors (Lipinski definition) is 1. The van der Waals surface area contributed by atoms with Crippen molar-refractivity contribution in [2.75, 3.05) is 24.9 Å². The fourth-order valence-corrected chi connectivity index (χ4v) is 5.01. The first kappa shape index (κ1) is 29.3. The molecule has 0 saturated heterocycles. The maximum atomic E-state index is 12.8. The number of ether oxygens (including phenoxy) is 1. The molecule has 1 aromatic heterocycles. The van der Waals surface area contributed by atoms with Crippen LogP contribution in [0.3, 0.4) is 0 Å². The van der Waals surface area contributed by atoms with Crippen molar-refractivity contribution in [3.8, 4) is 11.8 Å². The number of nitrogens with zero attached hydrogens (tertiary/aromatic N) is 2. The van der Waals surface area contributed by atoms with Gasteiger partial charge in [0.25, 0.3) is 5.91 Å². The quantitative estimate of drug-likeness (QED) is 0.183. The minimum Gasteiger partial charge on any atom is -0.469 e. The first-order valence-electron chi connectivity index (χ1n) is 12.3. The van der Waals surface area contributed by atoms with Crippen molar-refractivity contribution in [3.05, 3.63) is 94.2 Å². The van der Waals surface area contributed by atoms with Crippen molar-refractivity contribution in [2.24, 2.45) is 4.36 Å². The van der Waals surface area contributed by atoms with Gasteiger partial charge in [0.1, 0.15) is 5.82 Å². The van der Waals surface area contributed by atoms with Gasteiger partial charge in [-0.3, -0.25) is 14.4 Å². The zero-order valence-electron chi connectivity index (χ0n) is 22.2. The van der Waals surface area contributed by atoms with E-state index in [1.165, 1.54) is 25.6 Å². The normalized spacial score (nSPS) is 12.0. The first-order chi connectivity index (χ1) is 18.6. The summed E-state index contributed by atoms with van der Waals surface area (Å²) in [6.45, 7) is 1.98. The summed E-state index contributed by atoms with van der Waals surface area (Å²) in [6.07, 6.45) is 4.13. The van der Waals surface area contributed by atoms with Gasteiger partial charge in [-0.05, 0) is 43.5 Å². The number of Topliss-reactive ketones (excluding diaryl/α,β-unsaturated/α-hetero) is 1. The van der Waals surface area contributed by atoms with Crippen molar-refractivity contribution >= 4 is 33.2 Å². The van der Waals surface area contributed by atoms with E-state index in [0.29, 0.717) is 29.5 Å². The molecule has 202 valence electrons. The van der Waals surface area contributed by atoms with Crippen LogP contribution in [0.2, 0.25) is 0 Å². The number of ketones is 1. The summed E-state index contributed by atoms with van der Waals surface area (Å²) < 4.78 is 21.2. The molecule has 0 radical (unpaired) electrons. The van der Waals surface area contributed by atoms with E-state index in [0.717, 1.165) is 11.1 Å². The van der Waals surface area contributed by atoms with Crippen molar-refractivity contribution in [2.45, 2.75) is 32.6 Å². The molecule has 3 rings (SSSR count). The van der Waals surface area contributed by atoms with Crippen LogP contribution in [0.4, 0.5) is 5.82 Å². The van der Waals surface area contributed by atoms with Crippen molar-refractivity contribution in [1.29, 1.82) is 0 Å². The molecule has 2 aromatic carbocycles. The van der Waals surface area contributed by atoms with Crippen LogP contribution in [-0.2, 0) is 25.7 Å². The van der Waals surface area contributed by atoms with E-state index in [-0.39, 0.29) is 41.7 Å². The second kappa shape index (κ2) is 13.5. The summed E-state index contributed by atoms with van der Waals surface area (Å²) >= 11 is 0. The zero-order valence-corrected chi connectivity index (χ0v) is 23.0. The van der Waals surface area contributed by atoms with Gasteiger partial charge < -0.3 is 10.5 Å². The van der Waals surface area contributed by atoms with Crippen LogP contribution in [0.5, 0.6) is 0 Å². The summed E-state index contributed by atoms with van der Waals surface area (Å²) in [7, 11) is -1.49. The fraction of sp³-hybridized carbons (Fsp3) is 0.267. The summed E-state index contributed by atoms with van der Waals surface area (Å²) in [5.41, 5.74) is 9.58. The van der Waals surface area contributed by atoms with Crippen molar-refractivity contribution in [3.63, 3.8) is 0 Å². The Hall–Kier alpha value is -4.29. The maximum absolute atomic E-state index is 12.8. The second-order valence-electron chi connectivity index (χ2n) is 9.17. The lowest BCUT2D eigenvalue weighted by Gasteiger charge is -2.05. The third-order valence-corrected chi connectivity index (χ3v) is 7.39. The number of anilines is 1. The number of carbonyl (C=O) groups is 3. The minimum atomic E-state index is -2.80. The lowest BCUT2D eigenvalue weighted by atomic mass is 10.0. The van der Waals surface area contributed by atoms with Gasteiger partial charge in [0.15, 0.2) is 5.78 Å². The van der Waals surface area contributed by atoms with Gasteiger partial charge in [-0.1, -0.05) is 53.8 Å². The number of pyridine rings is 1. The number of carbonyl (C=O) groups excluding carboxylic acids is 3. The predicted octanol–water partition coefficient (Wildman–Crippen LogP) is 4.38. The van der Waals surface area contributed by atoms with Crippen LogP contribution >= 0.6 is 0 Å². The van der Waals surface area contributed by atoms with Crippen LogP contribution in [0.15, 0.2) is 65.2 Å². The van der Waals surface area contributed by atoms with Gasteiger partial charge in [-0.15, -0.1) is 0 Å². The van der Waals surface area contributed by atoms with Gasteiger partial charge in [0, 0.05) is 42.2 Å². The predicted molar refractivity (Wildman–Crippen MR) is 152 cm³/mol. The maximum Gasteiger partial charge on any atom is 0.305 e. The Morgan fingerprint density at radius 2 is 1.79 bits per heavy atom. The molecular formula is C30H31N3O5S. The van der Waals surface area contributed by atoms with Gasteiger partial charge >= 0.3 is 5.97 Å². The molecule has 1 amide bonds. The number of aromatic nitrogens is 1. The van der Waals surface area contributed by atoms with E-state index in [2.05, 4.69) is 25.9 Å². The highest BCUT2D eigenvalue weighted by Crippen LogP contribution is 2.14. The highest BCUT2D eigenvalue weighted by atomic mass is 32.2. The van der Waals surface area contributed by atoms with E-state index >= 15 is 0 Å². The summed E-state index contributed by atoms with van der Waals surface area (Å²) in [5.74, 6) is 5.14. The fourth-order valence-electron chi connectivity index (χ4n) is 3.73. The second-order valence-corrected chi connectivity index (χ2v) is 11.7. The minimum absolute atomic E-state index is 0.0203. The van der Waals surface area contributed by atoms with Crippen LogP contribution in [0.1, 0.15) is 62.2 Å². The lowest BCUT2D eigenvalue weighted by molar-refractivity contribution is -0.140. The molecular weight excluding hydrogens is 514 g/mol. The van der Waals surface area contributed by atoms with E-state index in [1.807, 2.05) is 31.2 Å². The number of nitrogens with two attached hydrogens (primary N) is 1. The summed E-state index contributed by atoms with van der Waals surface area (Å²) in [6, 6.07) is 16.3. The summed E-state index contributed by atoms with van der Waals surface area (Å²) in [4.78, 5) is 40.7. The SMILES string of the molecule is COC(=O)CCCCS(C)(=O)=NC(=O)c1cnc(N)c(C#Cc2cccc(C(=O)Cc3cccc(C)c3)c2)c1. The number of nitrogen functional groups attached to an aromatic ring is 1. The van der Waals surface area contributed by atoms with Gasteiger partial charge in [-0.25, -0.2) is 9.19 Å². The summed E-state index contributed by atoms with van der Waals surface area (Å²) in [5, 5.41) is 0. The average Bonchev–Trinajstić information content (AvgIpc) is 2.90. The van der Waals surface area contributed by atoms with E-state index in [1.54, 1.807) is 24.3 Å². The Kier molecular flexibility index (Phi) is 10.1. The number of benzene rings is 2. The monoisotopic (exact) mass is 545 g/mol. The number of amides is 1. The van der Waals surface area contributed by atoms with E-state index in [9.17, 15) is 18.6 Å². The molecule has 1 heterocycles. The topological polar surface area (TPSA) is 129 Å². The molecule has 0 aliphatic carbocycles. The molecule has 0 fully saturated rings. The number of unbranched alkanes of at least 4 members (excludes halogenated alkanes) is 1. The lowest BCUT2D eigenvalue weighted by Crippen LogP contribution is -2.09. The Bertz CT molecular complexity index is 1580. The third-order valence-electron chi connectivity index (χ3n) is 5.80. The molecule has 0 bridgehead atoms. The zero-order chi connectivity index (χ0) is 28.4. The average molecular weight is 546 g/mol. The highest BCUT2D eigenvalue weighted by Gasteiger charge is 2.12. The molecule has 0 spiro atoms. The van der Waals surface area contributed by atoms with Crippen molar-refractivity contribution in [1.82, 2.24) is 4.98 Å². The Balaban J connectivity index is 1.73. The number of hydrogen-bond acceptors (Lipinski definition) is 7. The van der Waals surface area contributed by atoms with Crippen LogP contribution < -0.4 is 5.73 Å². The Labute approximate surface area is 229 Å². The number of methoxy groups -OCH3 is 1. The molecule has 0 saturated carbocycles. The van der Waals surface area contributed by atoms with Crippen LogP contribution in [-0.4, -0.2) is 46.0 Å². The molecule has 2 N–H and O–H groups in total. The molecule has 0 aliphatic heterocycles. The molecule has 3 aromatic rings. The van der Waals surface area contributed by atoms with Crippen molar-refractivity contribution < 1.29 is 23.3 Å². The molecule has 39 heavy (non-hydrogen) atoms. The van der Waals surface area contributed by atoms with E-state index < -0.39 is 15.6 Å². The molecule has 8 nitrogen and oxygen atoms in total. The Morgan fingerprint density at radius 3 is 2.54 bits per heavy atom. The standard InChI is InChI=1S/C30H31N3O5S/c1-21-8-6-10-23(16-21)18-27(34)24-11-7-9-22(17-24)13-14-25-19-26(20-32-29(25)31)30(36)33-39(3,37)15-5-4-12-28(35)38-2/h6-11,16-17,19-20H,4-5,12,15,18H2,1-3H3,(H2,31,32). The smallest absolute Gasteiger partial charge is 0.305 e. The molecule has 1 unspecified atom stereocenters. The van der Waals surface area contributed by atoms with E-state index in [4.69, 9.17) is 5.73 Å². The highest BCUT2D eigenvalue weighted by molar-refractivity contribution is 7.93. The molecule has 1 atom stereocenters. The molecule has 0 aliphatic rings. The van der Waals surface area contributed by atoms with Gasteiger partial charge in [0.05, 0.1) is 28.0 Å².